The summed E-state index contributed by atoms with van der Waals surface area (Å²) in [5.74, 6) is 0.798. The average molecular weight is 321 g/mol. The second-order valence-electron chi connectivity index (χ2n) is 6.55. The number of aromatic amines is 1. The quantitative estimate of drug-likeness (QED) is 0.669. The van der Waals surface area contributed by atoms with E-state index in [0.717, 1.165) is 38.2 Å². The summed E-state index contributed by atoms with van der Waals surface area (Å²) in [7, 11) is 0. The van der Waals surface area contributed by atoms with Crippen LogP contribution in [0.2, 0.25) is 0 Å². The normalized spacial score (nSPS) is 24.7. The van der Waals surface area contributed by atoms with Gasteiger partial charge in [-0.1, -0.05) is 33.1 Å². The molecular formula is C18H31N3O2. The second-order valence-corrected chi connectivity index (χ2v) is 6.55. The van der Waals surface area contributed by atoms with Gasteiger partial charge in [0.05, 0.1) is 6.04 Å². The molecule has 2 rings (SSSR count). The highest BCUT2D eigenvalue weighted by Gasteiger charge is 2.48. The molecule has 1 aliphatic rings. The Morgan fingerprint density at radius 2 is 2.09 bits per heavy atom. The molecule has 0 amide bonds. The van der Waals surface area contributed by atoms with Crippen LogP contribution in [0.3, 0.4) is 0 Å². The van der Waals surface area contributed by atoms with E-state index in [2.05, 4.69) is 28.7 Å². The molecular weight excluding hydrogens is 290 g/mol. The number of carbonyl (C=O) groups is 1. The molecule has 2 atom stereocenters. The van der Waals surface area contributed by atoms with Gasteiger partial charge in [0.2, 0.25) is 0 Å². The van der Waals surface area contributed by atoms with Crippen LogP contribution in [-0.4, -0.2) is 40.5 Å². The number of ether oxygens (including phenoxy) is 1. The minimum Gasteiger partial charge on any atom is -0.451 e. The Labute approximate surface area is 139 Å². The van der Waals surface area contributed by atoms with E-state index in [1.165, 1.54) is 32.1 Å². The standard InChI is InChI=1S/C18H31N3O2/c1-3-5-13-21(14-6-4-2)16-9-7-8-10-18(16,23-15-22)17-19-11-12-20-17/h11-12,15-16H,3-10,13-14H2,1-2H3,(H,19,20)/t16-,18-/m1/s1. The van der Waals surface area contributed by atoms with Crippen LogP contribution in [0.15, 0.2) is 12.4 Å². The molecule has 1 fully saturated rings. The number of hydrogen-bond acceptors (Lipinski definition) is 4. The van der Waals surface area contributed by atoms with Crippen LogP contribution in [0.1, 0.15) is 71.0 Å². The molecule has 0 aliphatic heterocycles. The molecule has 0 aromatic carbocycles. The first kappa shape index (κ1) is 18.0. The van der Waals surface area contributed by atoms with Crippen LogP contribution in [0, 0.1) is 0 Å². The Kier molecular flexibility index (Phi) is 7.09. The molecule has 1 saturated carbocycles. The molecule has 1 heterocycles. The number of rotatable bonds is 10. The zero-order chi connectivity index (χ0) is 16.5. The first-order valence-electron chi connectivity index (χ1n) is 9.13. The average Bonchev–Trinajstić information content (AvgIpc) is 3.11. The van der Waals surface area contributed by atoms with Crippen molar-refractivity contribution in [3.63, 3.8) is 0 Å². The number of unbranched alkanes of at least 4 members (excludes halogenated alkanes) is 2. The predicted octanol–water partition coefficient (Wildman–Crippen LogP) is 3.62. The van der Waals surface area contributed by atoms with Crippen molar-refractivity contribution in [1.29, 1.82) is 0 Å². The van der Waals surface area contributed by atoms with Crippen molar-refractivity contribution < 1.29 is 9.53 Å². The molecule has 130 valence electrons. The summed E-state index contributed by atoms with van der Waals surface area (Å²) in [6.45, 7) is 7.18. The third kappa shape index (κ3) is 4.14. The molecule has 0 spiro atoms. The molecule has 0 saturated heterocycles. The number of nitrogens with one attached hydrogen (secondary N) is 1. The summed E-state index contributed by atoms with van der Waals surface area (Å²) in [5, 5.41) is 0. The highest BCUT2D eigenvalue weighted by atomic mass is 16.5. The van der Waals surface area contributed by atoms with Crippen molar-refractivity contribution in [2.24, 2.45) is 0 Å². The maximum atomic E-state index is 11.3. The fourth-order valence-electron chi connectivity index (χ4n) is 3.80. The van der Waals surface area contributed by atoms with Crippen molar-refractivity contribution in [2.45, 2.75) is 76.9 Å². The van der Waals surface area contributed by atoms with Crippen LogP contribution in [0.25, 0.3) is 0 Å². The summed E-state index contributed by atoms with van der Waals surface area (Å²) < 4.78 is 5.75. The molecule has 23 heavy (non-hydrogen) atoms. The molecule has 1 aliphatic carbocycles. The number of carbonyl (C=O) groups excluding carboxylic acids is 1. The summed E-state index contributed by atoms with van der Waals surface area (Å²) in [4.78, 5) is 21.5. The van der Waals surface area contributed by atoms with Gasteiger partial charge < -0.3 is 9.72 Å². The minimum atomic E-state index is -0.620. The molecule has 0 bridgehead atoms. The topological polar surface area (TPSA) is 58.2 Å². The summed E-state index contributed by atoms with van der Waals surface area (Å²) in [6, 6.07) is 0.214. The molecule has 1 N–H and O–H groups in total. The Morgan fingerprint density at radius 3 is 2.65 bits per heavy atom. The van der Waals surface area contributed by atoms with Crippen molar-refractivity contribution in [2.75, 3.05) is 13.1 Å². The number of H-pyrrole nitrogens is 1. The molecule has 5 heteroatoms. The van der Waals surface area contributed by atoms with E-state index in [0.29, 0.717) is 6.47 Å². The minimum absolute atomic E-state index is 0.214. The predicted molar refractivity (Wildman–Crippen MR) is 91.1 cm³/mol. The lowest BCUT2D eigenvalue weighted by Gasteiger charge is -2.46. The van der Waals surface area contributed by atoms with Gasteiger partial charge in [0.1, 0.15) is 0 Å². The molecule has 1 aromatic heterocycles. The van der Waals surface area contributed by atoms with Gasteiger partial charge in [-0.2, -0.15) is 0 Å². The maximum absolute atomic E-state index is 11.3. The van der Waals surface area contributed by atoms with Gasteiger partial charge in [-0.15, -0.1) is 0 Å². The fourth-order valence-corrected chi connectivity index (χ4v) is 3.80. The van der Waals surface area contributed by atoms with Crippen LogP contribution in [0.5, 0.6) is 0 Å². The summed E-state index contributed by atoms with van der Waals surface area (Å²) in [5.41, 5.74) is -0.620. The van der Waals surface area contributed by atoms with Gasteiger partial charge in [0.15, 0.2) is 11.4 Å². The first-order chi connectivity index (χ1) is 11.3. The molecule has 0 radical (unpaired) electrons. The Morgan fingerprint density at radius 1 is 1.35 bits per heavy atom. The SMILES string of the molecule is CCCCN(CCCC)[C@@H]1CCCC[C@]1(OC=O)c1ncc[nH]1. The largest absolute Gasteiger partial charge is 0.451 e. The third-order valence-corrected chi connectivity index (χ3v) is 5.01. The summed E-state index contributed by atoms with van der Waals surface area (Å²) >= 11 is 0. The van der Waals surface area contributed by atoms with E-state index in [4.69, 9.17) is 4.74 Å². The van der Waals surface area contributed by atoms with Crippen LogP contribution >= 0.6 is 0 Å². The van der Waals surface area contributed by atoms with Gasteiger partial charge in [-0.25, -0.2) is 4.98 Å². The zero-order valence-electron chi connectivity index (χ0n) is 14.6. The molecule has 0 unspecified atom stereocenters. The second kappa shape index (κ2) is 9.06. The highest BCUT2D eigenvalue weighted by Crippen LogP contribution is 2.41. The maximum Gasteiger partial charge on any atom is 0.294 e. The Balaban J connectivity index is 2.29. The van der Waals surface area contributed by atoms with Gasteiger partial charge in [0, 0.05) is 12.4 Å². The lowest BCUT2D eigenvalue weighted by atomic mass is 9.78. The van der Waals surface area contributed by atoms with Gasteiger partial charge in [-0.05, 0) is 45.2 Å². The smallest absolute Gasteiger partial charge is 0.294 e. The summed E-state index contributed by atoms with van der Waals surface area (Å²) in [6.07, 6.45) is 12.4. The van der Waals surface area contributed by atoms with Gasteiger partial charge in [0.25, 0.3) is 6.47 Å². The van der Waals surface area contributed by atoms with Crippen LogP contribution in [0.4, 0.5) is 0 Å². The van der Waals surface area contributed by atoms with Gasteiger partial charge in [-0.3, -0.25) is 9.69 Å². The zero-order valence-corrected chi connectivity index (χ0v) is 14.6. The number of nitrogens with zero attached hydrogens (tertiary/aromatic N) is 2. The van der Waals surface area contributed by atoms with E-state index in [1.807, 2.05) is 6.20 Å². The van der Waals surface area contributed by atoms with E-state index in [1.54, 1.807) is 6.20 Å². The van der Waals surface area contributed by atoms with Crippen molar-refractivity contribution in [1.82, 2.24) is 14.9 Å². The monoisotopic (exact) mass is 321 g/mol. The van der Waals surface area contributed by atoms with Gasteiger partial charge >= 0.3 is 0 Å². The fraction of sp³-hybridized carbons (Fsp3) is 0.778. The molecule has 5 nitrogen and oxygen atoms in total. The van der Waals surface area contributed by atoms with Crippen molar-refractivity contribution in [3.8, 4) is 0 Å². The van der Waals surface area contributed by atoms with E-state index in [9.17, 15) is 4.79 Å². The highest BCUT2D eigenvalue weighted by molar-refractivity contribution is 5.40. The number of imidazole rings is 1. The Bertz CT molecular complexity index is 441. The molecule has 1 aromatic rings. The van der Waals surface area contributed by atoms with Crippen molar-refractivity contribution >= 4 is 6.47 Å². The third-order valence-electron chi connectivity index (χ3n) is 5.01. The number of aromatic nitrogens is 2. The lowest BCUT2D eigenvalue weighted by molar-refractivity contribution is -0.162. The lowest BCUT2D eigenvalue weighted by Crippen LogP contribution is -2.55. The first-order valence-corrected chi connectivity index (χ1v) is 9.13. The van der Waals surface area contributed by atoms with Crippen molar-refractivity contribution in [3.05, 3.63) is 18.2 Å². The van der Waals surface area contributed by atoms with E-state index in [-0.39, 0.29) is 6.04 Å². The van der Waals surface area contributed by atoms with Crippen LogP contribution < -0.4 is 0 Å². The van der Waals surface area contributed by atoms with Crippen LogP contribution in [-0.2, 0) is 15.1 Å². The van der Waals surface area contributed by atoms with E-state index < -0.39 is 5.60 Å². The van der Waals surface area contributed by atoms with E-state index >= 15 is 0 Å². The number of hydrogen-bond donors (Lipinski definition) is 1. The Hall–Kier alpha value is -1.36.